The summed E-state index contributed by atoms with van der Waals surface area (Å²) in [5.41, 5.74) is 2.53. The van der Waals surface area contributed by atoms with Crippen LogP contribution >= 0.6 is 0 Å². The van der Waals surface area contributed by atoms with Gasteiger partial charge in [0.05, 0.1) is 13.2 Å². The molecule has 1 aliphatic rings. The number of aryl methyl sites for hydroxylation is 1. The summed E-state index contributed by atoms with van der Waals surface area (Å²) < 4.78 is 5.41. The zero-order valence-corrected chi connectivity index (χ0v) is 10.1. The minimum Gasteiger partial charge on any atom is -0.496 e. The Bertz CT molecular complexity index is 360. The van der Waals surface area contributed by atoms with E-state index in [4.69, 9.17) is 4.74 Å². The fraction of sp³-hybridized carbons (Fsp3) is 0.571. The number of aliphatic hydroxyl groups is 1. The highest BCUT2D eigenvalue weighted by molar-refractivity contribution is 5.39. The Morgan fingerprint density at radius 2 is 2.12 bits per heavy atom. The van der Waals surface area contributed by atoms with Crippen molar-refractivity contribution in [2.24, 2.45) is 0 Å². The smallest absolute Gasteiger partial charge is 0.122 e. The van der Waals surface area contributed by atoms with Crippen LogP contribution in [-0.4, -0.2) is 18.3 Å². The molecule has 16 heavy (non-hydrogen) atoms. The van der Waals surface area contributed by atoms with Crippen LogP contribution in [0.15, 0.2) is 18.2 Å². The third-order valence-electron chi connectivity index (χ3n) is 3.47. The van der Waals surface area contributed by atoms with Crippen LogP contribution in [0.1, 0.15) is 42.7 Å². The standard InChI is InChI=1S/C14H20O2/c1-10-6-7-14(16-2)13(8-10)11-4-3-5-12(15)9-11/h6-8,11-12,15H,3-5,9H2,1-2H3. The van der Waals surface area contributed by atoms with Crippen molar-refractivity contribution in [3.63, 3.8) is 0 Å². The van der Waals surface area contributed by atoms with Gasteiger partial charge < -0.3 is 9.84 Å². The molecule has 0 heterocycles. The molecule has 1 saturated carbocycles. The molecule has 2 rings (SSSR count). The summed E-state index contributed by atoms with van der Waals surface area (Å²) in [5.74, 6) is 1.42. The second-order valence-corrected chi connectivity index (χ2v) is 4.76. The molecular weight excluding hydrogens is 200 g/mol. The summed E-state index contributed by atoms with van der Waals surface area (Å²) in [6.07, 6.45) is 3.97. The van der Waals surface area contributed by atoms with Gasteiger partial charge in [-0.05, 0) is 43.7 Å². The van der Waals surface area contributed by atoms with Crippen molar-refractivity contribution < 1.29 is 9.84 Å². The largest absolute Gasteiger partial charge is 0.496 e. The fourth-order valence-electron chi connectivity index (χ4n) is 2.62. The van der Waals surface area contributed by atoms with E-state index in [1.54, 1.807) is 7.11 Å². The van der Waals surface area contributed by atoms with Crippen molar-refractivity contribution in [3.8, 4) is 5.75 Å². The van der Waals surface area contributed by atoms with Gasteiger partial charge in [0.25, 0.3) is 0 Å². The SMILES string of the molecule is COc1ccc(C)cc1C1CCCC(O)C1. The van der Waals surface area contributed by atoms with Gasteiger partial charge in [0.15, 0.2) is 0 Å². The van der Waals surface area contributed by atoms with E-state index in [1.165, 1.54) is 11.1 Å². The van der Waals surface area contributed by atoms with Gasteiger partial charge >= 0.3 is 0 Å². The average molecular weight is 220 g/mol. The van der Waals surface area contributed by atoms with Crippen molar-refractivity contribution >= 4 is 0 Å². The third-order valence-corrected chi connectivity index (χ3v) is 3.47. The molecule has 0 aromatic heterocycles. The van der Waals surface area contributed by atoms with Crippen molar-refractivity contribution in [2.75, 3.05) is 7.11 Å². The molecule has 2 nitrogen and oxygen atoms in total. The molecule has 0 aliphatic heterocycles. The molecule has 2 heteroatoms. The predicted octanol–water partition coefficient (Wildman–Crippen LogP) is 3.02. The summed E-state index contributed by atoms with van der Waals surface area (Å²) in [7, 11) is 1.72. The Kier molecular flexibility index (Phi) is 3.49. The van der Waals surface area contributed by atoms with Crippen LogP contribution < -0.4 is 4.74 Å². The molecule has 0 radical (unpaired) electrons. The number of rotatable bonds is 2. The van der Waals surface area contributed by atoms with Gasteiger partial charge in [0, 0.05) is 0 Å². The highest BCUT2D eigenvalue weighted by atomic mass is 16.5. The molecule has 1 aromatic rings. The van der Waals surface area contributed by atoms with Crippen molar-refractivity contribution in [1.82, 2.24) is 0 Å². The Morgan fingerprint density at radius 3 is 2.81 bits per heavy atom. The Labute approximate surface area is 97.3 Å². The zero-order valence-electron chi connectivity index (χ0n) is 10.1. The molecule has 2 atom stereocenters. The van der Waals surface area contributed by atoms with E-state index in [0.717, 1.165) is 31.4 Å². The van der Waals surface area contributed by atoms with E-state index in [1.807, 2.05) is 6.07 Å². The maximum Gasteiger partial charge on any atom is 0.122 e. The normalized spacial score (nSPS) is 25.4. The lowest BCUT2D eigenvalue weighted by Gasteiger charge is -2.27. The molecule has 0 amide bonds. The lowest BCUT2D eigenvalue weighted by molar-refractivity contribution is 0.119. The molecule has 1 N–H and O–H groups in total. The molecule has 0 bridgehead atoms. The number of hydrogen-bond acceptors (Lipinski definition) is 2. The first-order chi connectivity index (χ1) is 7.70. The van der Waals surface area contributed by atoms with E-state index in [9.17, 15) is 5.11 Å². The summed E-state index contributed by atoms with van der Waals surface area (Å²) in [6.45, 7) is 2.10. The first kappa shape index (κ1) is 11.5. The van der Waals surface area contributed by atoms with Gasteiger partial charge in [-0.1, -0.05) is 24.1 Å². The van der Waals surface area contributed by atoms with E-state index in [0.29, 0.717) is 5.92 Å². The highest BCUT2D eigenvalue weighted by Crippen LogP contribution is 2.37. The number of hydrogen-bond donors (Lipinski definition) is 1. The van der Waals surface area contributed by atoms with Crippen LogP contribution in [0.4, 0.5) is 0 Å². The second kappa shape index (κ2) is 4.88. The lowest BCUT2D eigenvalue weighted by atomic mass is 9.82. The zero-order chi connectivity index (χ0) is 11.5. The van der Waals surface area contributed by atoms with Gasteiger partial charge in [0.2, 0.25) is 0 Å². The summed E-state index contributed by atoms with van der Waals surface area (Å²) in [4.78, 5) is 0. The predicted molar refractivity (Wildman–Crippen MR) is 64.9 cm³/mol. The maximum atomic E-state index is 9.73. The molecule has 0 spiro atoms. The Balaban J connectivity index is 2.26. The molecule has 88 valence electrons. The van der Waals surface area contributed by atoms with Crippen molar-refractivity contribution in [1.29, 1.82) is 0 Å². The van der Waals surface area contributed by atoms with Gasteiger partial charge in [-0.2, -0.15) is 0 Å². The van der Waals surface area contributed by atoms with E-state index < -0.39 is 0 Å². The first-order valence-corrected chi connectivity index (χ1v) is 6.03. The topological polar surface area (TPSA) is 29.5 Å². The molecule has 1 aliphatic carbocycles. The average Bonchev–Trinajstić information content (AvgIpc) is 2.29. The minimum atomic E-state index is -0.135. The van der Waals surface area contributed by atoms with E-state index >= 15 is 0 Å². The van der Waals surface area contributed by atoms with Crippen LogP contribution in [0.25, 0.3) is 0 Å². The third kappa shape index (κ3) is 2.38. The van der Waals surface area contributed by atoms with Crippen molar-refractivity contribution in [3.05, 3.63) is 29.3 Å². The van der Waals surface area contributed by atoms with Gasteiger partial charge in [0.1, 0.15) is 5.75 Å². The van der Waals surface area contributed by atoms with Crippen LogP contribution in [0.2, 0.25) is 0 Å². The molecular formula is C14H20O2. The molecule has 0 saturated heterocycles. The lowest BCUT2D eigenvalue weighted by Crippen LogP contribution is -2.18. The Hall–Kier alpha value is -1.02. The van der Waals surface area contributed by atoms with E-state index in [-0.39, 0.29) is 6.10 Å². The number of aliphatic hydroxyl groups excluding tert-OH is 1. The number of methoxy groups -OCH3 is 1. The number of ether oxygens (including phenoxy) is 1. The highest BCUT2D eigenvalue weighted by Gasteiger charge is 2.23. The van der Waals surface area contributed by atoms with Gasteiger partial charge in [-0.25, -0.2) is 0 Å². The molecule has 1 fully saturated rings. The maximum absolute atomic E-state index is 9.73. The summed E-state index contributed by atoms with van der Waals surface area (Å²) >= 11 is 0. The molecule has 2 unspecified atom stereocenters. The van der Waals surface area contributed by atoms with Crippen LogP contribution in [0.5, 0.6) is 5.75 Å². The summed E-state index contributed by atoms with van der Waals surface area (Å²) in [6, 6.07) is 6.30. The van der Waals surface area contributed by atoms with Crippen LogP contribution in [-0.2, 0) is 0 Å². The summed E-state index contributed by atoms with van der Waals surface area (Å²) in [5, 5.41) is 9.73. The van der Waals surface area contributed by atoms with Crippen molar-refractivity contribution in [2.45, 2.75) is 44.6 Å². The first-order valence-electron chi connectivity index (χ1n) is 6.03. The van der Waals surface area contributed by atoms with Gasteiger partial charge in [-0.3, -0.25) is 0 Å². The second-order valence-electron chi connectivity index (χ2n) is 4.76. The fourth-order valence-corrected chi connectivity index (χ4v) is 2.62. The molecule has 1 aromatic carbocycles. The Morgan fingerprint density at radius 1 is 1.31 bits per heavy atom. The number of benzene rings is 1. The van der Waals surface area contributed by atoms with Crippen LogP contribution in [0.3, 0.4) is 0 Å². The van der Waals surface area contributed by atoms with Gasteiger partial charge in [-0.15, -0.1) is 0 Å². The quantitative estimate of drug-likeness (QED) is 0.830. The van der Waals surface area contributed by atoms with E-state index in [2.05, 4.69) is 19.1 Å². The van der Waals surface area contributed by atoms with Crippen LogP contribution in [0, 0.1) is 6.92 Å². The minimum absolute atomic E-state index is 0.135. The monoisotopic (exact) mass is 220 g/mol.